The van der Waals surface area contributed by atoms with E-state index in [-0.39, 0.29) is 5.91 Å². The maximum atomic E-state index is 12.2. The molecular formula is C20H18N4O2. The normalized spacial score (nSPS) is 11.4. The first-order valence-electron chi connectivity index (χ1n) is 8.11. The van der Waals surface area contributed by atoms with Crippen LogP contribution >= 0.6 is 0 Å². The van der Waals surface area contributed by atoms with Gasteiger partial charge < -0.3 is 10.1 Å². The average molecular weight is 346 g/mol. The van der Waals surface area contributed by atoms with Gasteiger partial charge >= 0.3 is 0 Å². The van der Waals surface area contributed by atoms with Gasteiger partial charge in [0.1, 0.15) is 18.4 Å². The zero-order valence-electron chi connectivity index (χ0n) is 14.3. The van der Waals surface area contributed by atoms with Gasteiger partial charge in [-0.2, -0.15) is 10.4 Å². The van der Waals surface area contributed by atoms with E-state index < -0.39 is 6.04 Å². The zero-order chi connectivity index (χ0) is 18.4. The molecule has 3 rings (SSSR count). The molecule has 0 aliphatic rings. The molecule has 6 nitrogen and oxygen atoms in total. The largest absolute Gasteiger partial charge is 0.489 e. The lowest BCUT2D eigenvalue weighted by atomic mass is 10.1. The number of nitrogens with one attached hydrogen (secondary N) is 1. The van der Waals surface area contributed by atoms with Crippen LogP contribution in [0.15, 0.2) is 67.0 Å². The lowest BCUT2D eigenvalue weighted by Crippen LogP contribution is -2.27. The quantitative estimate of drug-likeness (QED) is 0.744. The van der Waals surface area contributed by atoms with Crippen LogP contribution in [0, 0.1) is 11.3 Å². The highest BCUT2D eigenvalue weighted by Crippen LogP contribution is 2.19. The van der Waals surface area contributed by atoms with Crippen LogP contribution in [-0.4, -0.2) is 15.7 Å². The summed E-state index contributed by atoms with van der Waals surface area (Å²) in [6.45, 7) is 0.472. The van der Waals surface area contributed by atoms with Gasteiger partial charge in [-0.25, -0.2) is 0 Å². The van der Waals surface area contributed by atoms with Crippen molar-refractivity contribution in [1.82, 2.24) is 15.1 Å². The molecule has 1 unspecified atom stereocenters. The van der Waals surface area contributed by atoms with E-state index in [4.69, 9.17) is 4.74 Å². The van der Waals surface area contributed by atoms with Gasteiger partial charge in [0.05, 0.1) is 17.8 Å². The maximum Gasteiger partial charge on any atom is 0.255 e. The summed E-state index contributed by atoms with van der Waals surface area (Å²) in [6, 6.07) is 18.4. The van der Waals surface area contributed by atoms with E-state index in [1.165, 1.54) is 10.9 Å². The highest BCUT2D eigenvalue weighted by molar-refractivity contribution is 5.94. The fraction of sp³-hybridized carbons (Fsp3) is 0.150. The minimum Gasteiger partial charge on any atom is -0.489 e. The number of aromatic nitrogens is 2. The van der Waals surface area contributed by atoms with Crippen LogP contribution < -0.4 is 10.1 Å². The van der Waals surface area contributed by atoms with Gasteiger partial charge in [0, 0.05) is 13.2 Å². The predicted octanol–water partition coefficient (Wildman–Crippen LogP) is 2.99. The summed E-state index contributed by atoms with van der Waals surface area (Å²) in [5.74, 6) is 0.363. The highest BCUT2D eigenvalue weighted by Gasteiger charge is 2.16. The van der Waals surface area contributed by atoms with Crippen LogP contribution in [0.2, 0.25) is 0 Å². The Morgan fingerprint density at radius 3 is 2.58 bits per heavy atom. The zero-order valence-corrected chi connectivity index (χ0v) is 14.3. The van der Waals surface area contributed by atoms with Crippen LogP contribution in [0.1, 0.15) is 27.5 Å². The van der Waals surface area contributed by atoms with Gasteiger partial charge in [0.25, 0.3) is 5.91 Å². The fourth-order valence-corrected chi connectivity index (χ4v) is 2.44. The standard InChI is InChI=1S/C20H18N4O2/c1-24-13-17(12-22-24)20(25)23-19(11-21)16-7-9-18(10-8-16)26-14-15-5-3-2-4-6-15/h2-10,12-13,19H,14H2,1H3,(H,23,25). The van der Waals surface area contributed by atoms with E-state index in [9.17, 15) is 10.1 Å². The van der Waals surface area contributed by atoms with Crippen molar-refractivity contribution in [2.45, 2.75) is 12.6 Å². The Kier molecular flexibility index (Phi) is 5.30. The Morgan fingerprint density at radius 1 is 1.23 bits per heavy atom. The number of benzene rings is 2. The molecule has 6 heteroatoms. The third-order valence-corrected chi connectivity index (χ3v) is 3.83. The number of rotatable bonds is 6. The fourth-order valence-electron chi connectivity index (χ4n) is 2.44. The molecule has 1 atom stereocenters. The van der Waals surface area contributed by atoms with E-state index in [1.54, 1.807) is 37.5 Å². The van der Waals surface area contributed by atoms with E-state index in [0.29, 0.717) is 23.5 Å². The van der Waals surface area contributed by atoms with Crippen LogP contribution in [0.25, 0.3) is 0 Å². The van der Waals surface area contributed by atoms with E-state index in [2.05, 4.69) is 16.5 Å². The third kappa shape index (κ3) is 4.28. The van der Waals surface area contributed by atoms with Gasteiger partial charge in [0.2, 0.25) is 0 Å². The molecule has 0 spiro atoms. The highest BCUT2D eigenvalue weighted by atomic mass is 16.5. The van der Waals surface area contributed by atoms with Crippen LogP contribution in [0.3, 0.4) is 0 Å². The van der Waals surface area contributed by atoms with Crippen molar-refractivity contribution in [3.63, 3.8) is 0 Å². The molecule has 26 heavy (non-hydrogen) atoms. The Balaban J connectivity index is 1.62. The summed E-state index contributed by atoms with van der Waals surface area (Å²) in [6.07, 6.45) is 3.06. The molecule has 3 aromatic rings. The number of hydrogen-bond acceptors (Lipinski definition) is 4. The monoisotopic (exact) mass is 346 g/mol. The van der Waals surface area contributed by atoms with Crippen LogP contribution in [-0.2, 0) is 13.7 Å². The third-order valence-electron chi connectivity index (χ3n) is 3.83. The molecule has 1 heterocycles. The van der Waals surface area contributed by atoms with Gasteiger partial charge in [-0.15, -0.1) is 0 Å². The van der Waals surface area contributed by atoms with E-state index in [0.717, 1.165) is 5.56 Å². The Labute approximate surface area is 151 Å². The number of carbonyl (C=O) groups excluding carboxylic acids is 1. The Bertz CT molecular complexity index is 911. The minimum absolute atomic E-state index is 0.339. The second-order valence-electron chi connectivity index (χ2n) is 5.78. The molecule has 0 radical (unpaired) electrons. The molecule has 1 N–H and O–H groups in total. The molecule has 130 valence electrons. The number of aryl methyl sites for hydroxylation is 1. The van der Waals surface area contributed by atoms with Crippen molar-refractivity contribution in [1.29, 1.82) is 5.26 Å². The Morgan fingerprint density at radius 2 is 1.96 bits per heavy atom. The van der Waals surface area contributed by atoms with Crippen molar-refractivity contribution in [2.24, 2.45) is 7.05 Å². The molecule has 0 saturated carbocycles. The molecule has 0 bridgehead atoms. The number of carbonyl (C=O) groups is 1. The van der Waals surface area contributed by atoms with Gasteiger partial charge in [-0.05, 0) is 23.3 Å². The summed E-state index contributed by atoms with van der Waals surface area (Å²) in [5.41, 5.74) is 2.18. The number of hydrogen-bond donors (Lipinski definition) is 1. The minimum atomic E-state index is -0.745. The van der Waals surface area contributed by atoms with Crippen LogP contribution in [0.5, 0.6) is 5.75 Å². The first-order chi connectivity index (χ1) is 12.7. The van der Waals surface area contributed by atoms with Crippen molar-refractivity contribution in [2.75, 3.05) is 0 Å². The van der Waals surface area contributed by atoms with E-state index >= 15 is 0 Å². The van der Waals surface area contributed by atoms with Gasteiger partial charge in [-0.1, -0.05) is 42.5 Å². The number of nitrogens with zero attached hydrogens (tertiary/aromatic N) is 3. The molecule has 2 aromatic carbocycles. The topological polar surface area (TPSA) is 79.9 Å². The lowest BCUT2D eigenvalue weighted by molar-refractivity contribution is 0.0945. The molecule has 1 aromatic heterocycles. The van der Waals surface area contributed by atoms with Crippen molar-refractivity contribution in [3.05, 3.63) is 83.7 Å². The Hall–Kier alpha value is -3.59. The molecule has 0 aliphatic heterocycles. The molecular weight excluding hydrogens is 328 g/mol. The lowest BCUT2D eigenvalue weighted by Gasteiger charge is -2.12. The first-order valence-corrected chi connectivity index (χ1v) is 8.11. The van der Waals surface area contributed by atoms with Crippen molar-refractivity contribution < 1.29 is 9.53 Å². The van der Waals surface area contributed by atoms with Crippen molar-refractivity contribution in [3.8, 4) is 11.8 Å². The second-order valence-corrected chi connectivity index (χ2v) is 5.78. The summed E-state index contributed by atoms with van der Waals surface area (Å²) >= 11 is 0. The number of nitriles is 1. The SMILES string of the molecule is Cn1cc(C(=O)NC(C#N)c2ccc(OCc3ccccc3)cc2)cn1. The summed E-state index contributed by atoms with van der Waals surface area (Å²) in [4.78, 5) is 12.2. The van der Waals surface area contributed by atoms with Crippen LogP contribution in [0.4, 0.5) is 0 Å². The maximum absolute atomic E-state index is 12.2. The summed E-state index contributed by atoms with van der Waals surface area (Å²) in [7, 11) is 1.73. The predicted molar refractivity (Wildman–Crippen MR) is 96.2 cm³/mol. The number of ether oxygens (including phenoxy) is 1. The smallest absolute Gasteiger partial charge is 0.255 e. The molecule has 0 aliphatic carbocycles. The molecule has 0 fully saturated rings. The molecule has 0 saturated heterocycles. The number of amides is 1. The van der Waals surface area contributed by atoms with Gasteiger partial charge in [0.15, 0.2) is 0 Å². The molecule has 1 amide bonds. The van der Waals surface area contributed by atoms with Crippen molar-refractivity contribution >= 4 is 5.91 Å². The summed E-state index contributed by atoms with van der Waals surface area (Å²) < 4.78 is 7.27. The summed E-state index contributed by atoms with van der Waals surface area (Å²) in [5, 5.41) is 16.0. The first kappa shape index (κ1) is 17.2. The average Bonchev–Trinajstić information content (AvgIpc) is 3.12. The van der Waals surface area contributed by atoms with E-state index in [1.807, 2.05) is 30.3 Å². The van der Waals surface area contributed by atoms with Gasteiger partial charge in [-0.3, -0.25) is 9.48 Å². The second kappa shape index (κ2) is 7.99.